The van der Waals surface area contributed by atoms with Gasteiger partial charge in [-0.2, -0.15) is 0 Å². The summed E-state index contributed by atoms with van der Waals surface area (Å²) in [5.41, 5.74) is 3.70. The fraction of sp³-hybridized carbons (Fsp3) is 0.294. The molecule has 106 valence electrons. The average Bonchev–Trinajstić information content (AvgIpc) is 2.41. The maximum atomic E-state index is 5.67. The maximum Gasteiger partial charge on any atom is 0.119 e. The van der Waals surface area contributed by atoms with Crippen molar-refractivity contribution in [3.63, 3.8) is 0 Å². The van der Waals surface area contributed by atoms with Crippen LogP contribution in [0.2, 0.25) is 0 Å². The Hall–Kier alpha value is -0.800. The van der Waals surface area contributed by atoms with Gasteiger partial charge >= 0.3 is 0 Å². The molecule has 0 spiro atoms. The van der Waals surface area contributed by atoms with Gasteiger partial charge in [-0.05, 0) is 55.7 Å². The van der Waals surface area contributed by atoms with Crippen LogP contribution >= 0.6 is 31.9 Å². The summed E-state index contributed by atoms with van der Waals surface area (Å²) in [6.45, 7) is 6.16. The Morgan fingerprint density at radius 2 is 1.55 bits per heavy atom. The van der Waals surface area contributed by atoms with E-state index < -0.39 is 0 Å². The van der Waals surface area contributed by atoms with Gasteiger partial charge in [0.1, 0.15) is 5.75 Å². The predicted molar refractivity (Wildman–Crippen MR) is 91.9 cm³/mol. The Morgan fingerprint density at radius 3 is 2.10 bits per heavy atom. The number of benzene rings is 2. The highest BCUT2D eigenvalue weighted by atomic mass is 79.9. The molecular formula is C17H18Br2O. The zero-order valence-corrected chi connectivity index (χ0v) is 15.0. The summed E-state index contributed by atoms with van der Waals surface area (Å²) in [5, 5.41) is 0. The highest BCUT2D eigenvalue weighted by Crippen LogP contribution is 2.33. The molecule has 0 aliphatic rings. The number of rotatable bonds is 4. The third kappa shape index (κ3) is 3.86. The number of hydrogen-bond acceptors (Lipinski definition) is 1. The molecule has 0 saturated heterocycles. The number of ether oxygens (including phenoxy) is 1. The Morgan fingerprint density at radius 1 is 0.950 bits per heavy atom. The molecule has 1 atom stereocenters. The lowest BCUT2D eigenvalue weighted by Crippen LogP contribution is -2.05. The van der Waals surface area contributed by atoms with Crippen molar-refractivity contribution in [2.45, 2.75) is 31.7 Å². The summed E-state index contributed by atoms with van der Waals surface area (Å²) in [7, 11) is 0. The Balaban J connectivity index is 2.20. The van der Waals surface area contributed by atoms with Crippen LogP contribution in [0, 0.1) is 6.92 Å². The molecule has 2 aromatic carbocycles. The van der Waals surface area contributed by atoms with E-state index in [-0.39, 0.29) is 10.9 Å². The van der Waals surface area contributed by atoms with Crippen molar-refractivity contribution in [1.29, 1.82) is 0 Å². The fourth-order valence-electron chi connectivity index (χ4n) is 1.95. The Kier molecular flexibility index (Phi) is 5.28. The van der Waals surface area contributed by atoms with Crippen molar-refractivity contribution in [1.82, 2.24) is 0 Å². The average molecular weight is 398 g/mol. The molecular weight excluding hydrogens is 380 g/mol. The van der Waals surface area contributed by atoms with Crippen LogP contribution in [-0.2, 0) is 0 Å². The van der Waals surface area contributed by atoms with E-state index in [9.17, 15) is 0 Å². The largest absolute Gasteiger partial charge is 0.491 e. The van der Waals surface area contributed by atoms with E-state index in [1.54, 1.807) is 0 Å². The summed E-state index contributed by atoms with van der Waals surface area (Å²) >= 11 is 7.35. The molecule has 20 heavy (non-hydrogen) atoms. The van der Waals surface area contributed by atoms with Crippen LogP contribution in [0.3, 0.4) is 0 Å². The Bertz CT molecular complexity index is 576. The number of alkyl halides is 1. The number of aryl methyl sites for hydroxylation is 1. The van der Waals surface area contributed by atoms with E-state index in [0.29, 0.717) is 0 Å². The molecule has 2 rings (SSSR count). The van der Waals surface area contributed by atoms with Gasteiger partial charge in [0.05, 0.1) is 10.9 Å². The third-order valence-electron chi connectivity index (χ3n) is 3.03. The van der Waals surface area contributed by atoms with Gasteiger partial charge in [-0.3, -0.25) is 0 Å². The lowest BCUT2D eigenvalue weighted by atomic mass is 10.0. The van der Waals surface area contributed by atoms with E-state index in [4.69, 9.17) is 4.74 Å². The summed E-state index contributed by atoms with van der Waals surface area (Å²) < 4.78 is 6.80. The normalized spacial score (nSPS) is 12.5. The molecule has 0 aromatic heterocycles. The second-order valence-electron chi connectivity index (χ2n) is 5.11. The summed E-state index contributed by atoms with van der Waals surface area (Å²) in [4.78, 5) is 0.188. The van der Waals surface area contributed by atoms with Crippen molar-refractivity contribution in [3.8, 4) is 5.75 Å². The SMILES string of the molecule is Cc1ccc(C(Br)c2ccc(OC(C)C)cc2)cc1Br. The molecule has 0 fully saturated rings. The summed E-state index contributed by atoms with van der Waals surface area (Å²) in [5.74, 6) is 0.911. The standard InChI is InChI=1S/C17H18Br2O/c1-11(2)20-15-8-6-13(7-9-15)17(19)14-5-4-12(3)16(18)10-14/h4-11,17H,1-3H3. The minimum atomic E-state index is 0.188. The highest BCUT2D eigenvalue weighted by molar-refractivity contribution is 9.10. The maximum absolute atomic E-state index is 5.67. The van der Waals surface area contributed by atoms with Gasteiger partial charge in [-0.1, -0.05) is 56.1 Å². The smallest absolute Gasteiger partial charge is 0.119 e. The third-order valence-corrected chi connectivity index (χ3v) is 4.94. The van der Waals surface area contributed by atoms with Gasteiger partial charge < -0.3 is 4.74 Å². The molecule has 1 unspecified atom stereocenters. The second kappa shape index (κ2) is 6.77. The van der Waals surface area contributed by atoms with Crippen LogP contribution in [-0.4, -0.2) is 6.10 Å². The first-order valence-corrected chi connectivity index (χ1v) is 8.35. The van der Waals surface area contributed by atoms with E-state index in [1.807, 2.05) is 26.0 Å². The molecule has 0 radical (unpaired) electrons. The van der Waals surface area contributed by atoms with Gasteiger partial charge in [0.2, 0.25) is 0 Å². The molecule has 0 saturated carbocycles. The van der Waals surface area contributed by atoms with Gasteiger partial charge in [0.25, 0.3) is 0 Å². The molecule has 1 nitrogen and oxygen atoms in total. The van der Waals surface area contributed by atoms with Gasteiger partial charge in [-0.15, -0.1) is 0 Å². The highest BCUT2D eigenvalue weighted by Gasteiger charge is 2.11. The topological polar surface area (TPSA) is 9.23 Å². The number of halogens is 2. The monoisotopic (exact) mass is 396 g/mol. The van der Waals surface area contributed by atoms with E-state index in [0.717, 1.165) is 10.2 Å². The van der Waals surface area contributed by atoms with Gasteiger partial charge in [0, 0.05) is 4.47 Å². The van der Waals surface area contributed by atoms with E-state index in [1.165, 1.54) is 16.7 Å². The summed E-state index contributed by atoms with van der Waals surface area (Å²) in [6, 6.07) is 14.7. The zero-order chi connectivity index (χ0) is 14.7. The molecule has 0 N–H and O–H groups in total. The first kappa shape index (κ1) is 15.6. The van der Waals surface area contributed by atoms with Crippen LogP contribution in [0.4, 0.5) is 0 Å². The zero-order valence-electron chi connectivity index (χ0n) is 11.9. The van der Waals surface area contributed by atoms with Crippen LogP contribution in [0.1, 0.15) is 35.4 Å². The van der Waals surface area contributed by atoms with E-state index in [2.05, 4.69) is 69.1 Å². The second-order valence-corrected chi connectivity index (χ2v) is 6.88. The van der Waals surface area contributed by atoms with Crippen LogP contribution in [0.15, 0.2) is 46.9 Å². The number of hydrogen-bond donors (Lipinski definition) is 0. The first-order chi connectivity index (χ1) is 9.47. The molecule has 0 amide bonds. The van der Waals surface area contributed by atoms with Gasteiger partial charge in [-0.25, -0.2) is 0 Å². The fourth-order valence-corrected chi connectivity index (χ4v) is 2.93. The van der Waals surface area contributed by atoms with Crippen LogP contribution < -0.4 is 4.74 Å². The Labute approximate surface area is 137 Å². The molecule has 3 heteroatoms. The van der Waals surface area contributed by atoms with Crippen molar-refractivity contribution >= 4 is 31.9 Å². The van der Waals surface area contributed by atoms with Crippen molar-refractivity contribution in [2.24, 2.45) is 0 Å². The van der Waals surface area contributed by atoms with Gasteiger partial charge in [0.15, 0.2) is 0 Å². The van der Waals surface area contributed by atoms with Crippen molar-refractivity contribution in [3.05, 3.63) is 63.6 Å². The van der Waals surface area contributed by atoms with Crippen LogP contribution in [0.5, 0.6) is 5.75 Å². The summed E-state index contributed by atoms with van der Waals surface area (Å²) in [6.07, 6.45) is 0.202. The first-order valence-electron chi connectivity index (χ1n) is 6.64. The lowest BCUT2D eigenvalue weighted by molar-refractivity contribution is 0.242. The molecule has 0 aliphatic carbocycles. The molecule has 2 aromatic rings. The van der Waals surface area contributed by atoms with Crippen LogP contribution in [0.25, 0.3) is 0 Å². The molecule has 0 bridgehead atoms. The minimum Gasteiger partial charge on any atom is -0.491 e. The van der Waals surface area contributed by atoms with Crippen molar-refractivity contribution < 1.29 is 4.74 Å². The molecule has 0 heterocycles. The minimum absolute atomic E-state index is 0.188. The molecule has 0 aliphatic heterocycles. The quantitative estimate of drug-likeness (QED) is 0.572. The predicted octanol–water partition coefficient (Wildman–Crippen LogP) is 6.03. The van der Waals surface area contributed by atoms with E-state index >= 15 is 0 Å². The van der Waals surface area contributed by atoms with Crippen molar-refractivity contribution in [2.75, 3.05) is 0 Å². The lowest BCUT2D eigenvalue weighted by Gasteiger charge is -2.14.